The van der Waals surface area contributed by atoms with Gasteiger partial charge < -0.3 is 9.47 Å². The van der Waals surface area contributed by atoms with Crippen LogP contribution in [0, 0.1) is 0 Å². The van der Waals surface area contributed by atoms with Gasteiger partial charge in [0.2, 0.25) is 0 Å². The molecule has 14 heavy (non-hydrogen) atoms. The van der Waals surface area contributed by atoms with E-state index in [9.17, 15) is 4.79 Å². The van der Waals surface area contributed by atoms with Gasteiger partial charge in [-0.3, -0.25) is 0 Å². The summed E-state index contributed by atoms with van der Waals surface area (Å²) in [7, 11) is 1.61. The minimum atomic E-state index is -0.377. The van der Waals surface area contributed by atoms with Crippen molar-refractivity contribution in [2.75, 3.05) is 13.7 Å². The molecule has 0 aliphatic heterocycles. The average Bonchev–Trinajstić information content (AvgIpc) is 2.66. The molecule has 0 bridgehead atoms. The largest absolute Gasteiger partial charge is 0.461 e. The normalized spacial score (nSPS) is 12.5. The number of methoxy groups -OCH3 is 1. The summed E-state index contributed by atoms with van der Waals surface area (Å²) in [6.45, 7) is 4.02. The van der Waals surface area contributed by atoms with Gasteiger partial charge in [0.15, 0.2) is 5.69 Å². The Labute approximate surface area is 86.9 Å². The van der Waals surface area contributed by atoms with Crippen LogP contribution in [0.25, 0.3) is 0 Å². The molecule has 0 aliphatic rings. The smallest absolute Gasteiger partial charge is 0.357 e. The predicted molar refractivity (Wildman–Crippen MR) is 53.5 cm³/mol. The van der Waals surface area contributed by atoms with Crippen LogP contribution < -0.4 is 0 Å². The molecule has 1 heterocycles. The zero-order valence-corrected chi connectivity index (χ0v) is 9.26. The van der Waals surface area contributed by atoms with Crippen LogP contribution in [-0.4, -0.2) is 24.7 Å². The highest BCUT2D eigenvalue weighted by molar-refractivity contribution is 7.09. The van der Waals surface area contributed by atoms with Crippen molar-refractivity contribution >= 4 is 17.3 Å². The van der Waals surface area contributed by atoms with Crippen LogP contribution in [0.15, 0.2) is 5.38 Å². The highest BCUT2D eigenvalue weighted by Crippen LogP contribution is 2.20. The predicted octanol–water partition coefficient (Wildman–Crippen LogP) is 2.03. The van der Waals surface area contributed by atoms with E-state index in [1.165, 1.54) is 11.3 Å². The van der Waals surface area contributed by atoms with Gasteiger partial charge in [0.1, 0.15) is 11.1 Å². The lowest BCUT2D eigenvalue weighted by Gasteiger charge is -2.03. The van der Waals surface area contributed by atoms with Crippen LogP contribution in [0.5, 0.6) is 0 Å². The molecule has 0 fully saturated rings. The van der Waals surface area contributed by atoms with Gasteiger partial charge in [0.25, 0.3) is 0 Å². The number of carbonyl (C=O) groups is 1. The summed E-state index contributed by atoms with van der Waals surface area (Å²) >= 11 is 1.40. The molecule has 4 nitrogen and oxygen atoms in total. The van der Waals surface area contributed by atoms with Crippen LogP contribution in [0.3, 0.4) is 0 Å². The van der Waals surface area contributed by atoms with Gasteiger partial charge in [-0.25, -0.2) is 9.78 Å². The number of hydrogen-bond donors (Lipinski definition) is 0. The van der Waals surface area contributed by atoms with Crippen molar-refractivity contribution in [3.05, 3.63) is 16.1 Å². The Hall–Kier alpha value is -0.940. The number of nitrogens with zero attached hydrogens (tertiary/aromatic N) is 1. The maximum atomic E-state index is 11.3. The Kier molecular flexibility index (Phi) is 4.03. The Morgan fingerprint density at radius 1 is 1.71 bits per heavy atom. The van der Waals surface area contributed by atoms with Gasteiger partial charge in [-0.15, -0.1) is 11.3 Å². The molecular weight excluding hydrogens is 202 g/mol. The average molecular weight is 215 g/mol. The SMILES string of the molecule is CCOC(=O)c1csc(C(C)OC)n1. The zero-order valence-electron chi connectivity index (χ0n) is 8.44. The molecule has 0 saturated heterocycles. The van der Waals surface area contributed by atoms with Gasteiger partial charge in [-0.1, -0.05) is 0 Å². The van der Waals surface area contributed by atoms with Gasteiger partial charge in [0, 0.05) is 12.5 Å². The monoisotopic (exact) mass is 215 g/mol. The van der Waals surface area contributed by atoms with Crippen LogP contribution in [0.2, 0.25) is 0 Å². The van der Waals surface area contributed by atoms with Crippen molar-refractivity contribution in [3.8, 4) is 0 Å². The van der Waals surface area contributed by atoms with Crippen LogP contribution in [-0.2, 0) is 9.47 Å². The highest BCUT2D eigenvalue weighted by Gasteiger charge is 2.14. The lowest BCUT2D eigenvalue weighted by molar-refractivity contribution is 0.0519. The standard InChI is InChI=1S/C9H13NO3S/c1-4-13-9(11)7-5-14-8(10-7)6(2)12-3/h5-6H,4H2,1-3H3. The number of carbonyl (C=O) groups excluding carboxylic acids is 1. The van der Waals surface area contributed by atoms with Gasteiger partial charge in [0.05, 0.1) is 6.61 Å². The second-order valence-electron chi connectivity index (χ2n) is 2.67. The van der Waals surface area contributed by atoms with E-state index in [2.05, 4.69) is 4.98 Å². The minimum Gasteiger partial charge on any atom is -0.461 e. The third kappa shape index (κ3) is 2.52. The van der Waals surface area contributed by atoms with Crippen molar-refractivity contribution in [2.45, 2.75) is 20.0 Å². The van der Waals surface area contributed by atoms with Crippen molar-refractivity contribution in [3.63, 3.8) is 0 Å². The molecule has 0 radical (unpaired) electrons. The Morgan fingerprint density at radius 3 is 3.00 bits per heavy atom. The van der Waals surface area contributed by atoms with Crippen LogP contribution >= 0.6 is 11.3 Å². The van der Waals surface area contributed by atoms with Crippen molar-refractivity contribution in [1.82, 2.24) is 4.98 Å². The second kappa shape index (κ2) is 5.07. The summed E-state index contributed by atoms with van der Waals surface area (Å²) in [6, 6.07) is 0. The van der Waals surface area contributed by atoms with Gasteiger partial charge in [-0.05, 0) is 13.8 Å². The summed E-state index contributed by atoms with van der Waals surface area (Å²) in [5.41, 5.74) is 0.357. The van der Waals surface area contributed by atoms with Crippen molar-refractivity contribution in [1.29, 1.82) is 0 Å². The first-order chi connectivity index (χ1) is 6.69. The molecular formula is C9H13NO3S. The van der Waals surface area contributed by atoms with E-state index < -0.39 is 0 Å². The Bertz CT molecular complexity index is 311. The van der Waals surface area contributed by atoms with Crippen LogP contribution in [0.1, 0.15) is 35.4 Å². The second-order valence-corrected chi connectivity index (χ2v) is 3.56. The molecule has 0 aliphatic carbocycles. The summed E-state index contributed by atoms with van der Waals surface area (Å²) in [5.74, 6) is -0.377. The molecule has 1 rings (SSSR count). The Morgan fingerprint density at radius 2 is 2.43 bits per heavy atom. The zero-order chi connectivity index (χ0) is 10.6. The molecule has 0 aromatic carbocycles. The lowest BCUT2D eigenvalue weighted by Crippen LogP contribution is -2.05. The molecule has 5 heteroatoms. The molecule has 1 aromatic heterocycles. The van der Waals surface area contributed by atoms with Crippen LogP contribution in [0.4, 0.5) is 0 Å². The van der Waals surface area contributed by atoms with E-state index in [0.29, 0.717) is 12.3 Å². The summed E-state index contributed by atoms with van der Waals surface area (Å²) in [4.78, 5) is 15.4. The van der Waals surface area contributed by atoms with Crippen molar-refractivity contribution < 1.29 is 14.3 Å². The summed E-state index contributed by atoms with van der Waals surface area (Å²) < 4.78 is 9.90. The third-order valence-corrected chi connectivity index (χ3v) is 2.71. The third-order valence-electron chi connectivity index (χ3n) is 1.71. The number of esters is 1. The fourth-order valence-electron chi connectivity index (χ4n) is 0.874. The topological polar surface area (TPSA) is 48.4 Å². The maximum Gasteiger partial charge on any atom is 0.357 e. The Balaban J connectivity index is 2.72. The van der Waals surface area contributed by atoms with E-state index in [1.807, 2.05) is 6.92 Å². The van der Waals surface area contributed by atoms with Crippen molar-refractivity contribution in [2.24, 2.45) is 0 Å². The molecule has 0 N–H and O–H groups in total. The van der Waals surface area contributed by atoms with E-state index in [4.69, 9.17) is 9.47 Å². The van der Waals surface area contributed by atoms with E-state index in [0.717, 1.165) is 5.01 Å². The summed E-state index contributed by atoms with van der Waals surface area (Å²) in [6.07, 6.45) is -0.0804. The molecule has 1 atom stereocenters. The molecule has 78 valence electrons. The van der Waals surface area contributed by atoms with E-state index in [-0.39, 0.29) is 12.1 Å². The number of ether oxygens (including phenoxy) is 2. The number of thiazole rings is 1. The molecule has 0 saturated carbocycles. The maximum absolute atomic E-state index is 11.3. The fraction of sp³-hybridized carbons (Fsp3) is 0.556. The highest BCUT2D eigenvalue weighted by atomic mass is 32.1. The number of hydrogen-bond acceptors (Lipinski definition) is 5. The van der Waals surface area contributed by atoms with E-state index in [1.54, 1.807) is 19.4 Å². The molecule has 0 spiro atoms. The first kappa shape index (κ1) is 11.1. The molecule has 1 aromatic rings. The van der Waals surface area contributed by atoms with Gasteiger partial charge >= 0.3 is 5.97 Å². The summed E-state index contributed by atoms with van der Waals surface area (Å²) in [5, 5.41) is 2.47. The number of aromatic nitrogens is 1. The quantitative estimate of drug-likeness (QED) is 0.721. The van der Waals surface area contributed by atoms with E-state index >= 15 is 0 Å². The van der Waals surface area contributed by atoms with Gasteiger partial charge in [-0.2, -0.15) is 0 Å². The minimum absolute atomic E-state index is 0.0804. The first-order valence-corrected chi connectivity index (χ1v) is 5.22. The molecule has 0 amide bonds. The lowest BCUT2D eigenvalue weighted by atomic mass is 10.4. The first-order valence-electron chi connectivity index (χ1n) is 4.34. The number of rotatable bonds is 4. The molecule has 1 unspecified atom stereocenters. The fourth-order valence-corrected chi connectivity index (χ4v) is 1.69.